The van der Waals surface area contributed by atoms with Crippen molar-refractivity contribution in [3.05, 3.63) is 70.6 Å². The lowest BCUT2D eigenvalue weighted by Crippen LogP contribution is -2.31. The molecule has 1 saturated carbocycles. The van der Waals surface area contributed by atoms with Crippen LogP contribution >= 0.6 is 0 Å². The Bertz CT molecular complexity index is 1190. The third-order valence-electron chi connectivity index (χ3n) is 6.09. The minimum atomic E-state index is -0.979. The van der Waals surface area contributed by atoms with Gasteiger partial charge in [0.25, 0.3) is 0 Å². The van der Waals surface area contributed by atoms with Crippen LogP contribution in [0.4, 0.5) is 8.78 Å². The zero-order chi connectivity index (χ0) is 24.1. The van der Waals surface area contributed by atoms with E-state index in [1.807, 2.05) is 0 Å². The highest BCUT2D eigenvalue weighted by Crippen LogP contribution is 2.31. The van der Waals surface area contributed by atoms with Crippen molar-refractivity contribution in [2.24, 2.45) is 11.8 Å². The molecule has 1 N–H and O–H groups in total. The summed E-state index contributed by atoms with van der Waals surface area (Å²) >= 11 is 0. The number of benzene rings is 2. The number of hydrogen-bond donors (Lipinski definition) is 1. The van der Waals surface area contributed by atoms with E-state index in [2.05, 4.69) is 10.1 Å². The zero-order valence-electron chi connectivity index (χ0n) is 18.5. The molecule has 0 unspecified atom stereocenters. The molecule has 9 heteroatoms. The molecule has 0 radical (unpaired) electrons. The van der Waals surface area contributed by atoms with Crippen LogP contribution < -0.4 is 5.69 Å². The van der Waals surface area contributed by atoms with E-state index < -0.39 is 23.3 Å². The van der Waals surface area contributed by atoms with Gasteiger partial charge in [0.2, 0.25) is 0 Å². The van der Waals surface area contributed by atoms with Gasteiger partial charge < -0.3 is 9.84 Å². The summed E-state index contributed by atoms with van der Waals surface area (Å²) in [4.78, 5) is 27.7. The maximum atomic E-state index is 13.5. The van der Waals surface area contributed by atoms with Crippen molar-refractivity contribution in [3.8, 4) is 22.5 Å². The second-order valence-electron chi connectivity index (χ2n) is 8.58. The van der Waals surface area contributed by atoms with E-state index in [1.165, 1.54) is 41.1 Å². The van der Waals surface area contributed by atoms with Gasteiger partial charge in [-0.15, -0.1) is 0 Å². The Morgan fingerprint density at radius 1 is 0.912 bits per heavy atom. The van der Waals surface area contributed by atoms with E-state index in [0.29, 0.717) is 41.6 Å². The number of ether oxygens (including phenoxy) is 1. The van der Waals surface area contributed by atoms with Gasteiger partial charge in [-0.2, -0.15) is 10.1 Å². The summed E-state index contributed by atoms with van der Waals surface area (Å²) < 4.78 is 33.5. The highest BCUT2D eigenvalue weighted by molar-refractivity contribution is 5.77. The first-order chi connectivity index (χ1) is 16.4. The first-order valence-electron chi connectivity index (χ1n) is 11.2. The van der Waals surface area contributed by atoms with Crippen LogP contribution in [0.5, 0.6) is 0 Å². The summed E-state index contributed by atoms with van der Waals surface area (Å²) in [5.41, 5.74) is 1.37. The van der Waals surface area contributed by atoms with Crippen LogP contribution in [0.2, 0.25) is 0 Å². The standard InChI is InChI=1S/C25H25F2N3O4/c26-20-9-5-18(6-10-20)23-24(19-7-11-21(27)12-8-19)29-30(25(33)28-23)13-16-1-3-17(4-2-16)14-34-15-22(31)32/h5-12,16-17H,1-4,13-15H2,(H,31,32)/t16-,17+. The van der Waals surface area contributed by atoms with Crippen molar-refractivity contribution in [3.63, 3.8) is 0 Å². The predicted molar refractivity (Wildman–Crippen MR) is 121 cm³/mol. The van der Waals surface area contributed by atoms with Crippen molar-refractivity contribution in [1.29, 1.82) is 0 Å². The molecule has 1 heterocycles. The summed E-state index contributed by atoms with van der Waals surface area (Å²) in [7, 11) is 0. The molecule has 0 amide bonds. The topological polar surface area (TPSA) is 94.3 Å². The summed E-state index contributed by atoms with van der Waals surface area (Å²) in [5, 5.41) is 13.3. The van der Waals surface area contributed by atoms with Crippen LogP contribution in [-0.2, 0) is 16.1 Å². The fourth-order valence-corrected chi connectivity index (χ4v) is 4.29. The van der Waals surface area contributed by atoms with Crippen LogP contribution in [0.15, 0.2) is 53.3 Å². The van der Waals surface area contributed by atoms with Gasteiger partial charge in [0.1, 0.15) is 29.6 Å². The molecule has 0 spiro atoms. The Morgan fingerprint density at radius 3 is 2.00 bits per heavy atom. The van der Waals surface area contributed by atoms with Gasteiger partial charge in [0.15, 0.2) is 0 Å². The van der Waals surface area contributed by atoms with Crippen LogP contribution in [0.1, 0.15) is 25.7 Å². The van der Waals surface area contributed by atoms with Gasteiger partial charge in [0, 0.05) is 17.7 Å². The molecule has 34 heavy (non-hydrogen) atoms. The number of carboxylic acids is 1. The maximum absolute atomic E-state index is 13.5. The average molecular weight is 469 g/mol. The van der Waals surface area contributed by atoms with Gasteiger partial charge in [0.05, 0.1) is 6.61 Å². The van der Waals surface area contributed by atoms with Gasteiger partial charge in [-0.05, 0) is 86.1 Å². The number of rotatable bonds is 8. The number of carbonyl (C=O) groups is 1. The van der Waals surface area contributed by atoms with Gasteiger partial charge in [-0.3, -0.25) is 0 Å². The van der Waals surface area contributed by atoms with Crippen LogP contribution in [0.25, 0.3) is 22.5 Å². The molecule has 0 atom stereocenters. The number of nitrogens with zero attached hydrogens (tertiary/aromatic N) is 3. The Hall–Kier alpha value is -3.46. The summed E-state index contributed by atoms with van der Waals surface area (Å²) in [6.45, 7) is 0.518. The summed E-state index contributed by atoms with van der Waals surface area (Å²) in [6, 6.07) is 11.4. The van der Waals surface area contributed by atoms with Crippen LogP contribution in [0.3, 0.4) is 0 Å². The van der Waals surface area contributed by atoms with Crippen molar-refractivity contribution < 1.29 is 23.4 Å². The molecule has 1 aliphatic rings. The quantitative estimate of drug-likeness (QED) is 0.533. The lowest BCUT2D eigenvalue weighted by atomic mass is 9.82. The molecule has 7 nitrogen and oxygen atoms in total. The summed E-state index contributed by atoms with van der Waals surface area (Å²) in [5.74, 6) is -1.25. The van der Waals surface area contributed by atoms with E-state index >= 15 is 0 Å². The minimum Gasteiger partial charge on any atom is -0.480 e. The smallest absolute Gasteiger partial charge is 0.364 e. The summed E-state index contributed by atoms with van der Waals surface area (Å²) in [6.07, 6.45) is 3.48. The number of halogens is 2. The first-order valence-corrected chi connectivity index (χ1v) is 11.2. The molecule has 0 saturated heterocycles. The minimum absolute atomic E-state index is 0.223. The Labute approximate surface area is 195 Å². The highest BCUT2D eigenvalue weighted by Gasteiger charge is 2.24. The zero-order valence-corrected chi connectivity index (χ0v) is 18.5. The van der Waals surface area contributed by atoms with E-state index in [4.69, 9.17) is 9.84 Å². The number of carboxylic acid groups (broad SMARTS) is 1. The third kappa shape index (κ3) is 5.91. The normalized spacial score (nSPS) is 18.1. The Morgan fingerprint density at radius 2 is 1.44 bits per heavy atom. The van der Waals surface area contributed by atoms with E-state index in [-0.39, 0.29) is 12.5 Å². The molecule has 1 fully saturated rings. The molecule has 4 rings (SSSR count). The fourth-order valence-electron chi connectivity index (χ4n) is 4.29. The van der Waals surface area contributed by atoms with Crippen LogP contribution in [0, 0.1) is 23.5 Å². The maximum Gasteiger partial charge on any atom is 0.364 e. The van der Waals surface area contributed by atoms with Crippen LogP contribution in [-0.4, -0.2) is 39.1 Å². The molecule has 1 aromatic heterocycles. The first kappa shape index (κ1) is 23.7. The van der Waals surface area contributed by atoms with Crippen molar-refractivity contribution in [1.82, 2.24) is 14.8 Å². The molecule has 3 aromatic rings. The van der Waals surface area contributed by atoms with E-state index in [1.54, 1.807) is 12.1 Å². The number of aliphatic carboxylic acids is 1. The Kier molecular flexibility index (Phi) is 7.42. The molecule has 0 aliphatic heterocycles. The lowest BCUT2D eigenvalue weighted by molar-refractivity contribution is -0.142. The van der Waals surface area contributed by atoms with Crippen molar-refractivity contribution in [2.75, 3.05) is 13.2 Å². The molecule has 1 aliphatic carbocycles. The second-order valence-corrected chi connectivity index (χ2v) is 8.58. The SMILES string of the molecule is O=C(O)COC[C@H]1CC[C@@H](Cn2nc(-c3ccc(F)cc3)c(-c3ccc(F)cc3)nc2=O)CC1. The lowest BCUT2D eigenvalue weighted by Gasteiger charge is -2.28. The van der Waals surface area contributed by atoms with Crippen molar-refractivity contribution in [2.45, 2.75) is 32.2 Å². The molecular weight excluding hydrogens is 444 g/mol. The molecule has 2 aromatic carbocycles. The largest absolute Gasteiger partial charge is 0.480 e. The molecular formula is C25H25F2N3O4. The van der Waals surface area contributed by atoms with Gasteiger partial charge >= 0.3 is 11.7 Å². The van der Waals surface area contributed by atoms with E-state index in [0.717, 1.165) is 25.7 Å². The highest BCUT2D eigenvalue weighted by atomic mass is 19.1. The molecule has 178 valence electrons. The van der Waals surface area contributed by atoms with E-state index in [9.17, 15) is 18.4 Å². The Balaban J connectivity index is 1.55. The molecule has 0 bridgehead atoms. The second kappa shape index (κ2) is 10.6. The fraction of sp³-hybridized carbons (Fsp3) is 0.360. The number of hydrogen-bond acceptors (Lipinski definition) is 5. The third-order valence-corrected chi connectivity index (χ3v) is 6.09. The van der Waals surface area contributed by atoms with Gasteiger partial charge in [-0.1, -0.05) is 0 Å². The average Bonchev–Trinajstić information content (AvgIpc) is 2.82. The van der Waals surface area contributed by atoms with Crippen molar-refractivity contribution >= 4 is 5.97 Å². The number of aromatic nitrogens is 3. The monoisotopic (exact) mass is 469 g/mol. The predicted octanol–water partition coefficient (Wildman–Crippen LogP) is 4.16. The van der Waals surface area contributed by atoms with Gasteiger partial charge in [-0.25, -0.2) is 23.1 Å².